The van der Waals surface area contributed by atoms with Crippen molar-refractivity contribution >= 4 is 28.3 Å². The number of ether oxygens (including phenoxy) is 1. The van der Waals surface area contributed by atoms with E-state index in [0.29, 0.717) is 24.1 Å². The number of aliphatic hydroxyl groups excluding tert-OH is 1. The summed E-state index contributed by atoms with van der Waals surface area (Å²) in [5.41, 5.74) is 1.68. The summed E-state index contributed by atoms with van der Waals surface area (Å²) < 4.78 is 7.10. The zero-order valence-electron chi connectivity index (χ0n) is 13.1. The molecule has 1 aromatic carbocycles. The van der Waals surface area contributed by atoms with Gasteiger partial charge in [-0.3, -0.25) is 0 Å². The van der Waals surface area contributed by atoms with Crippen LogP contribution in [-0.4, -0.2) is 49.8 Å². The molecule has 1 unspecified atom stereocenters. The van der Waals surface area contributed by atoms with Crippen molar-refractivity contribution in [2.24, 2.45) is 0 Å². The van der Waals surface area contributed by atoms with E-state index in [-0.39, 0.29) is 0 Å². The van der Waals surface area contributed by atoms with Gasteiger partial charge in [0.2, 0.25) is 5.16 Å². The lowest BCUT2D eigenvalue weighted by molar-refractivity contribution is 0.0473. The summed E-state index contributed by atoms with van der Waals surface area (Å²) in [6.45, 7) is 3.16. The molecule has 6 nitrogen and oxygen atoms in total. The Hall–Kier alpha value is -1.70. The molecule has 1 atom stereocenters. The van der Waals surface area contributed by atoms with Crippen molar-refractivity contribution in [2.75, 3.05) is 19.0 Å². The molecule has 2 aromatic heterocycles. The predicted molar refractivity (Wildman–Crippen MR) is 90.7 cm³/mol. The number of hydrogen-bond donors (Lipinski definition) is 1. The lowest BCUT2D eigenvalue weighted by atomic mass is 10.2. The Morgan fingerprint density at radius 3 is 3.09 bits per heavy atom. The summed E-state index contributed by atoms with van der Waals surface area (Å²) >= 11 is 1.43. The minimum atomic E-state index is -0.515. The van der Waals surface area contributed by atoms with E-state index in [1.807, 2.05) is 24.3 Å². The highest BCUT2D eigenvalue weighted by Gasteiger charge is 2.11. The number of fused-ring (bicyclic) bond motifs is 3. The maximum absolute atomic E-state index is 9.94. The Balaban J connectivity index is 1.63. The molecule has 0 bridgehead atoms. The molecular weight excluding hydrogens is 312 g/mol. The summed E-state index contributed by atoms with van der Waals surface area (Å²) in [4.78, 5) is 8.90. The second-order valence-electron chi connectivity index (χ2n) is 5.32. The standard InChI is InChI=1S/C16H20N4O2S/c1-2-3-8-22-9-12(21)10-23-16-18-15-13-6-4-5-7-14(13)17-11-20(15)19-16/h4-7,11-12,21H,2-3,8-10H2,1H3. The van der Waals surface area contributed by atoms with Crippen molar-refractivity contribution in [2.45, 2.75) is 31.0 Å². The molecule has 0 aliphatic rings. The van der Waals surface area contributed by atoms with E-state index in [4.69, 9.17) is 4.74 Å². The number of nitrogens with zero attached hydrogens (tertiary/aromatic N) is 4. The molecule has 1 N–H and O–H groups in total. The summed E-state index contributed by atoms with van der Waals surface area (Å²) in [5.74, 6) is 0.508. The summed E-state index contributed by atoms with van der Waals surface area (Å²) in [6.07, 6.45) is 3.27. The van der Waals surface area contributed by atoms with Crippen LogP contribution in [0.15, 0.2) is 35.7 Å². The zero-order valence-corrected chi connectivity index (χ0v) is 13.9. The van der Waals surface area contributed by atoms with E-state index in [1.54, 1.807) is 10.8 Å². The van der Waals surface area contributed by atoms with Crippen molar-refractivity contribution in [1.29, 1.82) is 0 Å². The second-order valence-corrected chi connectivity index (χ2v) is 6.30. The number of rotatable bonds is 8. The topological polar surface area (TPSA) is 72.5 Å². The van der Waals surface area contributed by atoms with Crippen molar-refractivity contribution in [3.8, 4) is 0 Å². The van der Waals surface area contributed by atoms with Gasteiger partial charge in [-0.2, -0.15) is 0 Å². The molecule has 0 fully saturated rings. The van der Waals surface area contributed by atoms with Gasteiger partial charge in [0.05, 0.1) is 18.2 Å². The van der Waals surface area contributed by atoms with Crippen LogP contribution in [0.25, 0.3) is 16.6 Å². The van der Waals surface area contributed by atoms with Gasteiger partial charge in [-0.15, -0.1) is 5.10 Å². The van der Waals surface area contributed by atoms with Gasteiger partial charge in [0.1, 0.15) is 6.33 Å². The number of hydrogen-bond acceptors (Lipinski definition) is 6. The maximum Gasteiger partial charge on any atom is 0.209 e. The van der Waals surface area contributed by atoms with E-state index >= 15 is 0 Å². The van der Waals surface area contributed by atoms with Gasteiger partial charge in [0, 0.05) is 17.7 Å². The monoisotopic (exact) mass is 332 g/mol. The quantitative estimate of drug-likeness (QED) is 0.505. The highest BCUT2D eigenvalue weighted by Crippen LogP contribution is 2.20. The molecular formula is C16H20N4O2S. The van der Waals surface area contributed by atoms with Gasteiger partial charge in [-0.05, 0) is 18.6 Å². The minimum absolute atomic E-state index is 0.352. The molecule has 0 aliphatic heterocycles. The minimum Gasteiger partial charge on any atom is -0.390 e. The van der Waals surface area contributed by atoms with Crippen molar-refractivity contribution in [3.63, 3.8) is 0 Å². The molecule has 0 saturated heterocycles. The average Bonchev–Trinajstić information content (AvgIpc) is 3.00. The normalized spacial score (nSPS) is 13.0. The largest absolute Gasteiger partial charge is 0.390 e. The van der Waals surface area contributed by atoms with E-state index in [0.717, 1.165) is 29.4 Å². The third-order valence-corrected chi connectivity index (χ3v) is 4.40. The number of aliphatic hydroxyl groups is 1. The molecule has 0 saturated carbocycles. The number of aromatic nitrogens is 4. The fourth-order valence-corrected chi connectivity index (χ4v) is 2.94. The van der Waals surface area contributed by atoms with E-state index in [2.05, 4.69) is 22.0 Å². The van der Waals surface area contributed by atoms with Crippen LogP contribution in [0.1, 0.15) is 19.8 Å². The van der Waals surface area contributed by atoms with Gasteiger partial charge >= 0.3 is 0 Å². The van der Waals surface area contributed by atoms with Crippen LogP contribution in [0.5, 0.6) is 0 Å². The van der Waals surface area contributed by atoms with Crippen molar-refractivity contribution in [1.82, 2.24) is 19.6 Å². The predicted octanol–water partition coefficient (Wildman–Crippen LogP) is 2.55. The van der Waals surface area contributed by atoms with Crippen LogP contribution in [-0.2, 0) is 4.74 Å². The van der Waals surface area contributed by atoms with Crippen LogP contribution < -0.4 is 0 Å². The summed E-state index contributed by atoms with van der Waals surface area (Å²) in [5, 5.41) is 15.9. The van der Waals surface area contributed by atoms with Gasteiger partial charge in [0.25, 0.3) is 0 Å². The smallest absolute Gasteiger partial charge is 0.209 e. The first-order valence-corrected chi connectivity index (χ1v) is 8.75. The molecule has 2 heterocycles. The number of unbranched alkanes of at least 4 members (excludes halogenated alkanes) is 1. The number of benzene rings is 1. The van der Waals surface area contributed by atoms with Crippen molar-refractivity contribution < 1.29 is 9.84 Å². The SMILES string of the molecule is CCCCOCC(O)CSc1nc2c3ccccc3ncn2n1. The molecule has 0 radical (unpaired) electrons. The summed E-state index contributed by atoms with van der Waals surface area (Å²) in [6, 6.07) is 7.85. The molecule has 122 valence electrons. The van der Waals surface area contributed by atoms with E-state index in [9.17, 15) is 5.11 Å². The van der Waals surface area contributed by atoms with Crippen LogP contribution in [0, 0.1) is 0 Å². The molecule has 3 aromatic rings. The highest BCUT2D eigenvalue weighted by molar-refractivity contribution is 7.99. The first-order valence-electron chi connectivity index (χ1n) is 7.76. The van der Waals surface area contributed by atoms with E-state index in [1.165, 1.54) is 11.8 Å². The van der Waals surface area contributed by atoms with Crippen LogP contribution in [0.4, 0.5) is 0 Å². The Labute approximate surface area is 138 Å². The van der Waals surface area contributed by atoms with Gasteiger partial charge < -0.3 is 9.84 Å². The lowest BCUT2D eigenvalue weighted by Crippen LogP contribution is -2.18. The number of para-hydroxylation sites is 1. The van der Waals surface area contributed by atoms with Gasteiger partial charge in [-0.1, -0.05) is 37.2 Å². The summed E-state index contributed by atoms with van der Waals surface area (Å²) in [7, 11) is 0. The Bertz CT molecular complexity index is 777. The fourth-order valence-electron chi connectivity index (χ4n) is 2.21. The maximum atomic E-state index is 9.94. The molecule has 0 spiro atoms. The molecule has 0 amide bonds. The third-order valence-electron chi connectivity index (χ3n) is 3.42. The molecule has 7 heteroatoms. The Morgan fingerprint density at radius 2 is 2.22 bits per heavy atom. The van der Waals surface area contributed by atoms with Crippen molar-refractivity contribution in [3.05, 3.63) is 30.6 Å². The Morgan fingerprint density at radius 1 is 1.35 bits per heavy atom. The van der Waals surface area contributed by atoms with Gasteiger partial charge in [-0.25, -0.2) is 14.5 Å². The van der Waals surface area contributed by atoms with E-state index < -0.39 is 6.10 Å². The first-order chi connectivity index (χ1) is 11.3. The second kappa shape index (κ2) is 7.72. The highest BCUT2D eigenvalue weighted by atomic mass is 32.2. The average molecular weight is 332 g/mol. The van der Waals surface area contributed by atoms with Crippen LogP contribution in [0.2, 0.25) is 0 Å². The van der Waals surface area contributed by atoms with Crippen LogP contribution >= 0.6 is 11.8 Å². The number of thioether (sulfide) groups is 1. The molecule has 0 aliphatic carbocycles. The zero-order chi connectivity index (χ0) is 16.1. The first kappa shape index (κ1) is 16.2. The molecule has 3 rings (SSSR count). The van der Waals surface area contributed by atoms with Crippen LogP contribution in [0.3, 0.4) is 0 Å². The third kappa shape index (κ3) is 3.99. The Kier molecular flexibility index (Phi) is 5.43. The molecule has 23 heavy (non-hydrogen) atoms. The fraction of sp³-hybridized carbons (Fsp3) is 0.438. The van der Waals surface area contributed by atoms with Gasteiger partial charge in [0.15, 0.2) is 5.65 Å². The lowest BCUT2D eigenvalue weighted by Gasteiger charge is -2.09.